The minimum Gasteiger partial charge on any atom is -0.505 e. The van der Waals surface area contributed by atoms with Crippen molar-refractivity contribution >= 4 is 182 Å². The zero-order valence-corrected chi connectivity index (χ0v) is 52.6. The Hall–Kier alpha value is -8.50. The fraction of sp³-hybridized carbons (Fsp3) is 0.143. The number of methoxy groups -OCH3 is 2. The van der Waals surface area contributed by atoms with Crippen LogP contribution in [0.5, 0.6) is 23.0 Å². The summed E-state index contributed by atoms with van der Waals surface area (Å²) in [6, 6.07) is 32.0. The largest absolute Gasteiger partial charge is 0.505 e. The number of phenolic OH excluding ortho intramolecular Hbond substituents is 2. The molecule has 0 aliphatic rings. The van der Waals surface area contributed by atoms with Crippen LogP contribution in [0.1, 0.15) is 0 Å². The number of aliphatic carboxylic acids is 2. The summed E-state index contributed by atoms with van der Waals surface area (Å²) in [5.41, 5.74) is 1.49. The third kappa shape index (κ3) is 18.3. The maximum absolute atomic E-state index is 12.8. The molecule has 28 nitrogen and oxygen atoms in total. The van der Waals surface area contributed by atoms with Gasteiger partial charge in [0.05, 0.1) is 13.2 Å². The Morgan fingerprint density at radius 3 is 1.15 bits per heavy atom. The molecule has 8 aromatic rings. The van der Waals surface area contributed by atoms with Crippen LogP contribution in [0.15, 0.2) is 164 Å². The molecule has 2 radical (unpaired) electrons. The Kier molecular flexibility index (Phi) is 24.1. The normalized spacial score (nSPS) is 11.4. The van der Waals surface area contributed by atoms with E-state index < -0.39 is 90.2 Å². The number of anilines is 6. The number of azo groups is 2. The van der Waals surface area contributed by atoms with Crippen LogP contribution in [0.3, 0.4) is 0 Å². The molecule has 0 saturated heterocycles. The number of fused-ring (bicyclic) bond motifs is 2. The summed E-state index contributed by atoms with van der Waals surface area (Å²) < 4.78 is 103. The summed E-state index contributed by atoms with van der Waals surface area (Å²) >= 11 is 0. The second-order valence-electron chi connectivity index (χ2n) is 18.0. The summed E-state index contributed by atoms with van der Waals surface area (Å²) in [6.07, 6.45) is -1.37. The number of carboxylic acids is 2. The molecule has 8 aromatic carbocycles. The summed E-state index contributed by atoms with van der Waals surface area (Å²) in [5.74, 6) is -4.76. The molecule has 0 heterocycles. The van der Waals surface area contributed by atoms with E-state index in [0.29, 0.717) is 34.1 Å². The number of nitrogens with one attached hydrogen (secondary N) is 4. The van der Waals surface area contributed by atoms with Gasteiger partial charge in [-0.15, -0.1) is 20.5 Å². The third-order valence-electron chi connectivity index (χ3n) is 12.0. The van der Waals surface area contributed by atoms with Crippen molar-refractivity contribution in [3.8, 4) is 34.1 Å². The molecule has 0 saturated carbocycles. The van der Waals surface area contributed by atoms with Gasteiger partial charge in [0.15, 0.2) is 24.7 Å². The van der Waals surface area contributed by atoms with Crippen LogP contribution >= 0.6 is 0 Å². The molecule has 8 rings (SSSR count). The molecule has 88 heavy (non-hydrogen) atoms. The van der Waals surface area contributed by atoms with Crippen LogP contribution in [0.2, 0.25) is 0 Å². The Labute approximate surface area is 544 Å². The molecular formula is C56H50N8Na2O20S2. The minimum atomic E-state index is -5.12. The van der Waals surface area contributed by atoms with Crippen molar-refractivity contribution in [1.29, 1.82) is 0 Å². The van der Waals surface area contributed by atoms with Gasteiger partial charge in [0.1, 0.15) is 57.3 Å². The molecule has 0 unspecified atom stereocenters. The third-order valence-corrected chi connectivity index (χ3v) is 13.7. The number of carbonyl (C=O) groups is 4. The second kappa shape index (κ2) is 30.9. The number of carbonyl (C=O) groups excluding carboxylic acids is 2. The van der Waals surface area contributed by atoms with Crippen molar-refractivity contribution < 1.29 is 94.0 Å². The number of amides is 2. The van der Waals surface area contributed by atoms with Crippen LogP contribution in [0.25, 0.3) is 32.7 Å². The van der Waals surface area contributed by atoms with E-state index in [1.807, 2.05) is 0 Å². The van der Waals surface area contributed by atoms with Gasteiger partial charge in [-0.3, -0.25) is 19.7 Å². The van der Waals surface area contributed by atoms with E-state index >= 15 is 0 Å². The molecule has 0 bridgehead atoms. The number of nitrogens with zero attached hydrogens (tertiary/aromatic N) is 4. The molecule has 0 fully saturated rings. The Morgan fingerprint density at radius 1 is 0.455 bits per heavy atom. The maximum atomic E-state index is 12.8. The molecule has 448 valence electrons. The van der Waals surface area contributed by atoms with E-state index in [2.05, 4.69) is 41.7 Å². The predicted octanol–water partition coefficient (Wildman–Crippen LogP) is 10.4. The van der Waals surface area contributed by atoms with E-state index in [1.54, 1.807) is 60.7 Å². The van der Waals surface area contributed by atoms with Crippen molar-refractivity contribution in [3.63, 3.8) is 0 Å². The van der Waals surface area contributed by atoms with Crippen LogP contribution in [0, 0.1) is 0 Å². The summed E-state index contributed by atoms with van der Waals surface area (Å²) in [5, 5.41) is 69.9. The summed E-state index contributed by atoms with van der Waals surface area (Å²) in [7, 11) is -7.30. The first-order valence-corrected chi connectivity index (χ1v) is 27.9. The number of benzene rings is 8. The molecule has 10 N–H and O–H groups in total. The number of carboxylic acid groups (broad SMARTS) is 2. The smallest absolute Gasteiger partial charge is 0.411 e. The second-order valence-corrected chi connectivity index (χ2v) is 20.8. The van der Waals surface area contributed by atoms with Crippen molar-refractivity contribution in [1.82, 2.24) is 0 Å². The first-order valence-electron chi connectivity index (χ1n) is 25.0. The van der Waals surface area contributed by atoms with Crippen molar-refractivity contribution in [2.75, 3.05) is 75.1 Å². The number of hydrogen-bond donors (Lipinski definition) is 10. The van der Waals surface area contributed by atoms with E-state index in [0.717, 1.165) is 12.1 Å². The number of aromatic hydroxyl groups is 2. The standard InChI is InChI=1S/C56H50N8O20S2.2Na/c1-79-19-21-81-55(71)59-37-9-5-35(6-10-37)57-39-13-15-41-33(23-39)27-47(85(73,74)75)51(53(41)69)63-61-43-17-3-31(25-45(43)83-29-49(65)66)32-4-18-44(46(26-32)84-30-50(67)68)62-64-52-48(86(76,77)78)28-34-24-40(14-16-42(34)54(52)70)58-36-7-11-38(12-8-36)60-56(72)82-22-20-80-2;;/h3-18,23-28,57-58,69-70H,19-22,29-30H2,1-2H3,(H,59,71)(H,60,72)(H,65,66)(H,67,68)(H,73,74,75)(H,76,77,78);;. The van der Waals surface area contributed by atoms with Crippen molar-refractivity contribution in [3.05, 3.63) is 133 Å². The van der Waals surface area contributed by atoms with Crippen LogP contribution < -0.4 is 30.7 Å². The van der Waals surface area contributed by atoms with Gasteiger partial charge in [0.25, 0.3) is 20.2 Å². The minimum absolute atomic E-state index is 0. The molecule has 0 aliphatic heterocycles. The van der Waals surface area contributed by atoms with Gasteiger partial charge in [-0.1, -0.05) is 12.1 Å². The van der Waals surface area contributed by atoms with Crippen LogP contribution in [0.4, 0.5) is 66.5 Å². The van der Waals surface area contributed by atoms with Gasteiger partial charge >= 0.3 is 24.1 Å². The van der Waals surface area contributed by atoms with E-state index in [-0.39, 0.29) is 141 Å². The summed E-state index contributed by atoms with van der Waals surface area (Å²) in [6.45, 7) is -1.29. The van der Waals surface area contributed by atoms with Gasteiger partial charge in [0, 0.05) is 118 Å². The van der Waals surface area contributed by atoms with Gasteiger partial charge in [-0.05, 0) is 143 Å². The van der Waals surface area contributed by atoms with Gasteiger partial charge in [-0.2, -0.15) is 16.8 Å². The zero-order chi connectivity index (χ0) is 61.7. The maximum Gasteiger partial charge on any atom is 0.411 e. The van der Waals surface area contributed by atoms with E-state index in [4.69, 9.17) is 28.4 Å². The average molecular weight is 1270 g/mol. The van der Waals surface area contributed by atoms with Crippen LogP contribution in [-0.4, -0.2) is 183 Å². The predicted molar refractivity (Wildman–Crippen MR) is 322 cm³/mol. The van der Waals surface area contributed by atoms with E-state index in [1.165, 1.54) is 74.9 Å². The van der Waals surface area contributed by atoms with Crippen molar-refractivity contribution in [2.45, 2.75) is 9.79 Å². The molecule has 0 aliphatic carbocycles. The SMILES string of the molecule is COCCOC(=O)Nc1ccc(Nc2ccc3c(O)c(N=Nc4ccc(-c5ccc(N=Nc6c(S(=O)(=O)O)cc7cc(Nc8ccc(NC(=O)OCCOC)cc8)ccc7c6O)c(OCC(=O)O)c5)cc4OCC(=O)O)c(S(=O)(=O)O)cc3c2)cc1.[Na].[Na]. The fourth-order valence-electron chi connectivity index (χ4n) is 8.07. The summed E-state index contributed by atoms with van der Waals surface area (Å²) in [4.78, 5) is 45.8. The topological polar surface area (TPSA) is 411 Å². The first-order chi connectivity index (χ1) is 41.1. The Morgan fingerprint density at radius 2 is 0.807 bits per heavy atom. The van der Waals surface area contributed by atoms with E-state index in [9.17, 15) is 65.5 Å². The number of ether oxygens (including phenoxy) is 6. The first kappa shape index (κ1) is 68.6. The Balaban J connectivity index is 0.00000618. The molecule has 2 amide bonds. The van der Waals surface area contributed by atoms with Gasteiger partial charge in [-0.25, -0.2) is 19.2 Å². The molecule has 32 heteroatoms. The average Bonchev–Trinajstić information content (AvgIpc) is 0.838. The Bertz CT molecular complexity index is 3930. The number of phenols is 2. The molecule has 0 spiro atoms. The number of rotatable bonds is 25. The molecule has 0 aromatic heterocycles. The number of hydrogen-bond acceptors (Lipinski definition) is 22. The van der Waals surface area contributed by atoms with Crippen molar-refractivity contribution in [2.24, 2.45) is 20.5 Å². The molecule has 0 atom stereocenters. The zero-order valence-electron chi connectivity index (χ0n) is 46.9. The van der Waals surface area contributed by atoms with Crippen LogP contribution in [-0.2, 0) is 48.8 Å². The van der Waals surface area contributed by atoms with Gasteiger partial charge < -0.3 is 59.5 Å². The monoisotopic (exact) mass is 1260 g/mol. The quantitative estimate of drug-likeness (QED) is 0.0110. The fourth-order valence-corrected chi connectivity index (χ4v) is 9.38. The van der Waals surface area contributed by atoms with Gasteiger partial charge in [0.2, 0.25) is 0 Å². The molecular weight excluding hydrogens is 1210 g/mol.